The smallest absolute Gasteiger partial charge is 0.271 e. The molecule has 0 unspecified atom stereocenters. The summed E-state index contributed by atoms with van der Waals surface area (Å²) in [5, 5.41) is 25.8. The lowest BCUT2D eigenvalue weighted by atomic mass is 10.1. The first-order valence-corrected chi connectivity index (χ1v) is 11.7. The van der Waals surface area contributed by atoms with E-state index in [1.165, 1.54) is 42.5 Å². The maximum Gasteiger partial charge on any atom is 0.271 e. The summed E-state index contributed by atoms with van der Waals surface area (Å²) in [6.07, 6.45) is 1.29. The third kappa shape index (κ3) is 7.56. The molecule has 2 amide bonds. The van der Waals surface area contributed by atoms with Crippen LogP contribution in [0.2, 0.25) is 5.02 Å². The summed E-state index contributed by atoms with van der Waals surface area (Å²) in [6, 6.07) is 17.4. The Hall–Kier alpha value is -4.88. The number of carbonyl (C=O) groups excluding carboxylic acids is 2. The normalized spacial score (nSPS) is 10.7. The molecule has 10 nitrogen and oxygen atoms in total. The molecular weight excluding hydrogens is 512 g/mol. The maximum absolute atomic E-state index is 12.6. The van der Waals surface area contributed by atoms with E-state index in [2.05, 4.69) is 10.6 Å². The lowest BCUT2D eigenvalue weighted by Crippen LogP contribution is -2.20. The molecule has 0 spiro atoms. The number of carbonyl (C=O) groups is 2. The van der Waals surface area contributed by atoms with Gasteiger partial charge in [0.15, 0.2) is 18.1 Å². The Labute approximate surface area is 223 Å². The van der Waals surface area contributed by atoms with Crippen LogP contribution < -0.4 is 20.1 Å². The quantitative estimate of drug-likeness (QED) is 0.151. The van der Waals surface area contributed by atoms with Gasteiger partial charge in [0.05, 0.1) is 16.6 Å². The zero-order valence-corrected chi connectivity index (χ0v) is 21.2. The number of non-ortho nitro benzene ring substituents is 1. The first-order valence-electron chi connectivity index (χ1n) is 11.3. The van der Waals surface area contributed by atoms with E-state index >= 15 is 0 Å². The molecule has 0 saturated heterocycles. The van der Waals surface area contributed by atoms with Crippen LogP contribution in [0.25, 0.3) is 6.08 Å². The number of nitrogens with zero attached hydrogens (tertiary/aromatic N) is 2. The number of halogens is 1. The monoisotopic (exact) mass is 534 g/mol. The number of hydrogen-bond acceptors (Lipinski definition) is 7. The van der Waals surface area contributed by atoms with Crippen molar-refractivity contribution in [1.82, 2.24) is 0 Å². The number of ether oxygens (including phenoxy) is 2. The predicted molar refractivity (Wildman–Crippen MR) is 143 cm³/mol. The van der Waals surface area contributed by atoms with Crippen LogP contribution in [-0.4, -0.2) is 30.0 Å². The minimum absolute atomic E-state index is 0.0988. The Morgan fingerprint density at radius 1 is 1.08 bits per heavy atom. The van der Waals surface area contributed by atoms with Gasteiger partial charge in [-0.15, -0.1) is 0 Å². The molecule has 0 saturated carbocycles. The second kappa shape index (κ2) is 12.9. The molecule has 11 heteroatoms. The van der Waals surface area contributed by atoms with E-state index < -0.39 is 16.7 Å². The average Bonchev–Trinajstić information content (AvgIpc) is 2.88. The van der Waals surface area contributed by atoms with Crippen LogP contribution in [0.3, 0.4) is 0 Å². The molecular formula is C27H23ClN4O6. The van der Waals surface area contributed by atoms with Crippen molar-refractivity contribution in [3.05, 3.63) is 92.5 Å². The average molecular weight is 535 g/mol. The van der Waals surface area contributed by atoms with Gasteiger partial charge in [-0.3, -0.25) is 19.7 Å². The van der Waals surface area contributed by atoms with Crippen molar-refractivity contribution in [2.75, 3.05) is 23.8 Å². The summed E-state index contributed by atoms with van der Waals surface area (Å²) in [4.78, 5) is 35.3. The molecule has 38 heavy (non-hydrogen) atoms. The Bertz CT molecular complexity index is 1430. The van der Waals surface area contributed by atoms with Crippen molar-refractivity contribution in [2.45, 2.75) is 13.8 Å². The number of aryl methyl sites for hydroxylation is 1. The van der Waals surface area contributed by atoms with Crippen LogP contribution >= 0.6 is 11.6 Å². The summed E-state index contributed by atoms with van der Waals surface area (Å²) < 4.78 is 11.2. The lowest BCUT2D eigenvalue weighted by Gasteiger charge is -2.15. The Morgan fingerprint density at radius 3 is 2.47 bits per heavy atom. The third-order valence-electron chi connectivity index (χ3n) is 5.01. The number of nitro benzene ring substituents is 1. The first-order chi connectivity index (χ1) is 18.2. The van der Waals surface area contributed by atoms with E-state index in [0.717, 1.165) is 5.56 Å². The minimum atomic E-state index is -0.768. The van der Waals surface area contributed by atoms with Gasteiger partial charge in [0, 0.05) is 23.5 Å². The van der Waals surface area contributed by atoms with Gasteiger partial charge in [-0.25, -0.2) is 0 Å². The van der Waals surface area contributed by atoms with E-state index in [9.17, 15) is 25.0 Å². The standard InChI is InChI=1S/C27H23ClN4O6/c1-3-37-24-13-18(11-19(15-29)27(34)31-21-5-4-6-22(14-21)32(35)36)12-23(28)26(24)38-16-25(33)30-20-9-7-17(2)8-10-20/h4-14H,3,16H2,1-2H3,(H,30,33)(H,31,34)/b19-11+. The van der Waals surface area contributed by atoms with Crippen LogP contribution in [0, 0.1) is 28.4 Å². The third-order valence-corrected chi connectivity index (χ3v) is 5.29. The van der Waals surface area contributed by atoms with Crippen LogP contribution in [0.1, 0.15) is 18.1 Å². The largest absolute Gasteiger partial charge is 0.490 e. The fourth-order valence-electron chi connectivity index (χ4n) is 3.26. The highest BCUT2D eigenvalue weighted by atomic mass is 35.5. The van der Waals surface area contributed by atoms with E-state index in [1.807, 2.05) is 25.1 Å². The lowest BCUT2D eigenvalue weighted by molar-refractivity contribution is -0.384. The fraction of sp³-hybridized carbons (Fsp3) is 0.148. The molecule has 0 fully saturated rings. The maximum atomic E-state index is 12.6. The highest BCUT2D eigenvalue weighted by Crippen LogP contribution is 2.37. The number of nitriles is 1. The Morgan fingerprint density at radius 2 is 1.82 bits per heavy atom. The number of nitrogens with one attached hydrogen (secondary N) is 2. The Balaban J connectivity index is 1.77. The molecule has 0 bridgehead atoms. The van der Waals surface area contributed by atoms with Gasteiger partial charge in [0.1, 0.15) is 11.6 Å². The Kier molecular flexibility index (Phi) is 9.40. The molecule has 0 radical (unpaired) electrons. The predicted octanol–water partition coefficient (Wildman–Crippen LogP) is 5.52. The number of nitro groups is 1. The van der Waals surface area contributed by atoms with Gasteiger partial charge >= 0.3 is 0 Å². The van der Waals surface area contributed by atoms with Crippen molar-refractivity contribution >= 4 is 46.6 Å². The zero-order chi connectivity index (χ0) is 27.7. The molecule has 0 aliphatic carbocycles. The van der Waals surface area contributed by atoms with Crippen molar-refractivity contribution in [1.29, 1.82) is 5.26 Å². The van der Waals surface area contributed by atoms with Crippen LogP contribution in [0.5, 0.6) is 11.5 Å². The molecule has 3 aromatic rings. The van der Waals surface area contributed by atoms with E-state index in [-0.39, 0.29) is 46.7 Å². The van der Waals surface area contributed by atoms with Gasteiger partial charge in [-0.2, -0.15) is 5.26 Å². The summed E-state index contributed by atoms with van der Waals surface area (Å²) in [5.74, 6) is -0.828. The SMILES string of the molecule is CCOc1cc(/C=C(\C#N)C(=O)Nc2cccc([N+](=O)[O-])c2)cc(Cl)c1OCC(=O)Nc1ccc(C)cc1. The number of anilines is 2. The molecule has 2 N–H and O–H groups in total. The highest BCUT2D eigenvalue weighted by Gasteiger charge is 2.17. The van der Waals surface area contributed by atoms with Crippen LogP contribution in [0.15, 0.2) is 66.2 Å². The second-order valence-electron chi connectivity index (χ2n) is 7.90. The van der Waals surface area contributed by atoms with Gasteiger partial charge in [-0.05, 0) is 55.8 Å². The van der Waals surface area contributed by atoms with Crippen LogP contribution in [-0.2, 0) is 9.59 Å². The number of benzene rings is 3. The first kappa shape index (κ1) is 27.7. The highest BCUT2D eigenvalue weighted by molar-refractivity contribution is 6.32. The molecule has 0 aliphatic heterocycles. The second-order valence-corrected chi connectivity index (χ2v) is 8.30. The zero-order valence-electron chi connectivity index (χ0n) is 20.5. The van der Waals surface area contributed by atoms with Crippen molar-refractivity contribution in [2.24, 2.45) is 0 Å². The number of amides is 2. The molecule has 0 atom stereocenters. The molecule has 0 aliphatic rings. The van der Waals surface area contributed by atoms with Crippen molar-refractivity contribution in [3.63, 3.8) is 0 Å². The molecule has 0 aromatic heterocycles. The van der Waals surface area contributed by atoms with Crippen molar-refractivity contribution in [3.8, 4) is 17.6 Å². The van der Waals surface area contributed by atoms with Gasteiger partial charge in [0.2, 0.25) is 0 Å². The van der Waals surface area contributed by atoms with Crippen LogP contribution in [0.4, 0.5) is 17.1 Å². The topological polar surface area (TPSA) is 144 Å². The summed E-state index contributed by atoms with van der Waals surface area (Å²) >= 11 is 6.40. The van der Waals surface area contributed by atoms with Gasteiger partial charge in [0.25, 0.3) is 17.5 Å². The molecule has 194 valence electrons. The molecule has 0 heterocycles. The van der Waals surface area contributed by atoms with E-state index in [0.29, 0.717) is 11.3 Å². The number of rotatable bonds is 10. The summed E-state index contributed by atoms with van der Waals surface area (Å²) in [6.45, 7) is 3.61. The van der Waals surface area contributed by atoms with Crippen molar-refractivity contribution < 1.29 is 24.0 Å². The number of hydrogen-bond donors (Lipinski definition) is 2. The van der Waals surface area contributed by atoms with E-state index in [1.54, 1.807) is 19.1 Å². The fourth-order valence-corrected chi connectivity index (χ4v) is 3.53. The van der Waals surface area contributed by atoms with Gasteiger partial charge < -0.3 is 20.1 Å². The molecule has 3 aromatic carbocycles. The summed E-state index contributed by atoms with van der Waals surface area (Å²) in [5.41, 5.74) is 1.71. The summed E-state index contributed by atoms with van der Waals surface area (Å²) in [7, 11) is 0. The molecule has 3 rings (SSSR count). The van der Waals surface area contributed by atoms with E-state index in [4.69, 9.17) is 21.1 Å². The minimum Gasteiger partial charge on any atom is -0.490 e. The van der Waals surface area contributed by atoms with Gasteiger partial charge in [-0.1, -0.05) is 35.4 Å².